The highest BCUT2D eigenvalue weighted by Crippen LogP contribution is 2.41. The van der Waals surface area contributed by atoms with Crippen molar-refractivity contribution in [1.82, 2.24) is 0 Å². The van der Waals surface area contributed by atoms with Gasteiger partial charge in [-0.1, -0.05) is 0 Å². The molecule has 0 bridgehead atoms. The second-order valence-corrected chi connectivity index (χ2v) is 14.3. The smallest absolute Gasteiger partial charge is 0.210 e. The predicted molar refractivity (Wildman–Crippen MR) is 180 cm³/mol. The number of rotatable bonds is 4. The van der Waals surface area contributed by atoms with Gasteiger partial charge in [0.15, 0.2) is 116 Å². The Morgan fingerprint density at radius 3 is 0.362 bits per heavy atom. The number of halogens is 28. The third-order valence-electron chi connectivity index (χ3n) is 11.2. The van der Waals surface area contributed by atoms with Crippen molar-refractivity contribution >= 4 is 71.1 Å². The van der Waals surface area contributed by atoms with Crippen LogP contribution in [0.5, 0.6) is 0 Å². The number of hydrogen-bond donors (Lipinski definition) is 0. The average molecular weight is 1020 g/mol. The van der Waals surface area contributed by atoms with Crippen molar-refractivity contribution in [2.45, 2.75) is 0 Å². The van der Waals surface area contributed by atoms with Gasteiger partial charge in [-0.15, -0.1) is 21.9 Å². The summed E-state index contributed by atoms with van der Waals surface area (Å²) in [7, 11) is 0. The Hall–Kier alpha value is -7.10. The van der Waals surface area contributed by atoms with Crippen LogP contribution in [0.1, 0.15) is 1.43 Å². The third kappa shape index (κ3) is 5.68. The molecule has 0 unspecified atom stereocenters. The Balaban J connectivity index is 0.00000722. The quantitative estimate of drug-likeness (QED) is 0.0713. The first kappa shape index (κ1) is 48.4. The van der Waals surface area contributed by atoms with Crippen molar-refractivity contribution in [2.24, 2.45) is 0 Å². The summed E-state index contributed by atoms with van der Waals surface area (Å²) in [5, 5.41) is -25.0. The minimum Gasteiger partial charge on any atom is -0.210 e. The summed E-state index contributed by atoms with van der Waals surface area (Å²) in [6.07, 6.45) is -7.99. The van der Waals surface area contributed by atoms with Gasteiger partial charge in [0.05, 0.1) is 43.1 Å². The van der Waals surface area contributed by atoms with Crippen LogP contribution in [0.15, 0.2) is 0 Å². The SMILES string of the molecule is Fc1c(F)c(F)c2c(F)c([B-](c3c(F)c(F)c4c(F)c(F)c(F)c(F)c4c3F)(c3c(F)c(F)c4c(F)c(F)c(F)c(F)c4c3F)c3c(F)c(F)c4c(F)c(F)c(F)c(F)c4c3F)c(F)c(F)c2c1F.[H+]. The zero-order valence-corrected chi connectivity index (χ0v) is 31.2. The molecule has 0 saturated heterocycles. The fourth-order valence-corrected chi connectivity index (χ4v) is 8.40. The highest BCUT2D eigenvalue weighted by molar-refractivity contribution is 7.20. The summed E-state index contributed by atoms with van der Waals surface area (Å²) in [4.78, 5) is 0. The highest BCUT2D eigenvalue weighted by atomic mass is 19.2. The first-order chi connectivity index (χ1) is 32.0. The van der Waals surface area contributed by atoms with E-state index < -0.39 is 234 Å². The van der Waals surface area contributed by atoms with Gasteiger partial charge < -0.3 is 0 Å². The van der Waals surface area contributed by atoms with E-state index in [2.05, 4.69) is 0 Å². The minimum absolute atomic E-state index is 0. The van der Waals surface area contributed by atoms with E-state index in [9.17, 15) is 35.1 Å². The zero-order valence-electron chi connectivity index (χ0n) is 32.2. The van der Waals surface area contributed by atoms with Gasteiger partial charge in [-0.3, -0.25) is 0 Å². The van der Waals surface area contributed by atoms with Gasteiger partial charge in [-0.25, -0.2) is 123 Å². The lowest BCUT2D eigenvalue weighted by Gasteiger charge is -2.45. The van der Waals surface area contributed by atoms with Crippen molar-refractivity contribution in [1.29, 1.82) is 0 Å². The molecular formula is C40HBF28. The molecule has 0 aromatic heterocycles. The molecule has 0 amide bonds. The van der Waals surface area contributed by atoms with E-state index >= 15 is 87.8 Å². The summed E-state index contributed by atoms with van der Waals surface area (Å²) in [6, 6.07) is 0. The fourth-order valence-electron chi connectivity index (χ4n) is 8.40. The monoisotopic (exact) mass is 1020 g/mol. The van der Waals surface area contributed by atoms with Crippen molar-refractivity contribution in [2.75, 3.05) is 0 Å². The maximum atomic E-state index is 17.4. The summed E-state index contributed by atoms with van der Waals surface area (Å²) >= 11 is 0. The van der Waals surface area contributed by atoms with Crippen molar-refractivity contribution < 1.29 is 124 Å². The van der Waals surface area contributed by atoms with Gasteiger partial charge in [-0.2, -0.15) is 0 Å². The maximum Gasteiger partial charge on any atom is 1.00 e. The van der Waals surface area contributed by atoms with Crippen molar-refractivity contribution in [3.63, 3.8) is 0 Å². The summed E-state index contributed by atoms with van der Waals surface area (Å²) in [5.41, 5.74) is -15.9. The van der Waals surface area contributed by atoms with Crippen LogP contribution in [-0.2, 0) is 0 Å². The summed E-state index contributed by atoms with van der Waals surface area (Å²) < 4.78 is 442. The van der Waals surface area contributed by atoms with Gasteiger partial charge in [0.1, 0.15) is 52.7 Å². The molecule has 0 N–H and O–H groups in total. The molecule has 360 valence electrons. The molecule has 69 heavy (non-hydrogen) atoms. The Kier molecular flexibility index (Phi) is 10.8. The van der Waals surface area contributed by atoms with Crippen LogP contribution < -0.4 is 21.9 Å². The van der Waals surface area contributed by atoms with Crippen LogP contribution in [0.25, 0.3) is 43.1 Å². The molecule has 0 radical (unpaired) electrons. The molecule has 0 spiro atoms. The molecule has 29 heteroatoms. The lowest BCUT2D eigenvalue weighted by molar-refractivity contribution is 0.412. The molecule has 0 atom stereocenters. The van der Waals surface area contributed by atoms with Crippen LogP contribution in [0, 0.1) is 163 Å². The molecular weight excluding hydrogens is 1020 g/mol. The molecule has 8 aromatic carbocycles. The first-order valence-corrected chi connectivity index (χ1v) is 17.4. The largest absolute Gasteiger partial charge is 1.00 e. The van der Waals surface area contributed by atoms with E-state index in [-0.39, 0.29) is 1.43 Å². The molecule has 8 rings (SSSR count). The normalized spacial score (nSPS) is 12.3. The van der Waals surface area contributed by atoms with E-state index in [1.807, 2.05) is 0 Å². The molecule has 0 aliphatic rings. The van der Waals surface area contributed by atoms with E-state index in [0.717, 1.165) is 0 Å². The second kappa shape index (κ2) is 15.5. The molecule has 0 aliphatic heterocycles. The summed E-state index contributed by atoms with van der Waals surface area (Å²) in [6.45, 7) is 0. The number of benzene rings is 8. The Bertz CT molecular complexity index is 3290. The van der Waals surface area contributed by atoms with Gasteiger partial charge >= 0.3 is 1.43 Å². The van der Waals surface area contributed by atoms with E-state index in [1.54, 1.807) is 0 Å². The van der Waals surface area contributed by atoms with Gasteiger partial charge in [-0.05, 0) is 0 Å². The van der Waals surface area contributed by atoms with Gasteiger partial charge in [0.2, 0.25) is 0 Å². The predicted octanol–water partition coefficient (Wildman–Crippen LogP) is 11.7. The first-order valence-electron chi connectivity index (χ1n) is 17.4. The molecule has 0 saturated carbocycles. The van der Waals surface area contributed by atoms with Gasteiger partial charge in [0, 0.05) is 0 Å². The Labute approximate surface area is 358 Å². The molecule has 0 nitrogen and oxygen atoms in total. The van der Waals surface area contributed by atoms with Crippen molar-refractivity contribution in [3.8, 4) is 0 Å². The van der Waals surface area contributed by atoms with Crippen LogP contribution in [0.3, 0.4) is 0 Å². The topological polar surface area (TPSA) is 0 Å². The van der Waals surface area contributed by atoms with Crippen molar-refractivity contribution in [3.05, 3.63) is 163 Å². The number of hydrogen-bond acceptors (Lipinski definition) is 0. The summed E-state index contributed by atoms with van der Waals surface area (Å²) in [5.74, 6) is -102. The molecule has 0 heterocycles. The molecule has 8 aromatic rings. The Morgan fingerprint density at radius 1 is 0.130 bits per heavy atom. The van der Waals surface area contributed by atoms with Crippen LogP contribution in [0.2, 0.25) is 0 Å². The number of fused-ring (bicyclic) bond motifs is 4. The van der Waals surface area contributed by atoms with E-state index in [0.29, 0.717) is 0 Å². The minimum atomic E-state index is -7.99. The maximum absolute atomic E-state index is 17.4. The highest BCUT2D eigenvalue weighted by Gasteiger charge is 2.52. The lowest BCUT2D eigenvalue weighted by Crippen LogP contribution is -2.80. The second-order valence-electron chi connectivity index (χ2n) is 14.3. The molecule has 0 fully saturated rings. The van der Waals surface area contributed by atoms with E-state index in [1.165, 1.54) is 0 Å². The van der Waals surface area contributed by atoms with Crippen LogP contribution >= 0.6 is 0 Å². The van der Waals surface area contributed by atoms with E-state index in [4.69, 9.17) is 0 Å². The standard InChI is InChI=1S/C40BF28/c42-13-1-5(25(54)37(66)33(62)21(1)50)17(46)29(58)9(13)41(10-14(43)2-6(18(47)30(10)59)26(55)38(67)34(63)22(2)51,11-15(44)3-7(19(48)31(11)60)27(56)39(68)35(64)23(3)52)12-16(45)4-8(20(49)32(12)61)28(57)40(69)36(65)24(4)53/q-1/p+1. The van der Waals surface area contributed by atoms with Crippen LogP contribution in [0.4, 0.5) is 123 Å². The molecule has 0 aliphatic carbocycles. The third-order valence-corrected chi connectivity index (χ3v) is 11.2. The Morgan fingerprint density at radius 2 is 0.232 bits per heavy atom. The van der Waals surface area contributed by atoms with Crippen LogP contribution in [-0.4, -0.2) is 6.15 Å². The zero-order chi connectivity index (χ0) is 51.6. The fraction of sp³-hybridized carbons (Fsp3) is 0. The average Bonchev–Trinajstić information content (AvgIpc) is 3.30. The van der Waals surface area contributed by atoms with Gasteiger partial charge in [0.25, 0.3) is 0 Å². The lowest BCUT2D eigenvalue weighted by atomic mass is 9.12.